The number of carbonyl (C=O) groups is 1. The number of rotatable bonds is 5. The average molecular weight is 369 g/mol. The van der Waals surface area contributed by atoms with E-state index in [0.29, 0.717) is 0 Å². The van der Waals surface area contributed by atoms with E-state index in [1.54, 1.807) is 6.07 Å². The van der Waals surface area contributed by atoms with E-state index in [1.807, 2.05) is 0 Å². The zero-order valence-corrected chi connectivity index (χ0v) is 14.0. The van der Waals surface area contributed by atoms with Crippen LogP contribution < -0.4 is 10.0 Å². The lowest BCUT2D eigenvalue weighted by Crippen LogP contribution is -2.25. The van der Waals surface area contributed by atoms with Crippen LogP contribution in [0.2, 0.25) is 5.02 Å². The Labute approximate surface area is 143 Å². The summed E-state index contributed by atoms with van der Waals surface area (Å²) in [5.74, 6) is -0.947. The van der Waals surface area contributed by atoms with Crippen LogP contribution in [0.15, 0.2) is 47.4 Å². The summed E-state index contributed by atoms with van der Waals surface area (Å²) in [4.78, 5) is 12.0. The van der Waals surface area contributed by atoms with Gasteiger partial charge in [0, 0.05) is 11.6 Å². The summed E-state index contributed by atoms with van der Waals surface area (Å²) in [5, 5.41) is 2.61. The molecule has 2 aromatic rings. The fourth-order valence-corrected chi connectivity index (χ4v) is 3.35. The Hall–Kier alpha value is -2.12. The number of hydrogen-bond acceptors (Lipinski definition) is 3. The Morgan fingerprint density at radius 3 is 2.58 bits per heavy atom. The number of carbonyl (C=O) groups excluding carboxylic acids is 1. The van der Waals surface area contributed by atoms with Gasteiger partial charge in [-0.3, -0.25) is 9.52 Å². The predicted molar refractivity (Wildman–Crippen MR) is 89.1 cm³/mol. The largest absolute Gasteiger partial charge is 0.349 e. The number of benzene rings is 2. The summed E-state index contributed by atoms with van der Waals surface area (Å²) in [5.41, 5.74) is 0.399. The second-order valence-corrected chi connectivity index (χ2v) is 7.60. The number of sulfonamides is 1. The van der Waals surface area contributed by atoms with Crippen LogP contribution in [-0.4, -0.2) is 20.4 Å². The van der Waals surface area contributed by atoms with E-state index in [2.05, 4.69) is 10.0 Å². The van der Waals surface area contributed by atoms with Gasteiger partial charge in [0.25, 0.3) is 15.9 Å². The standard InChI is InChI=1S/C16H14ClFN2O3S/c17-14-9-12(6-7-15(14)18)20-24(22,23)13-3-1-2-10(8-13)16(21)19-11-4-5-11/h1-3,6-9,11,20H,4-5H2,(H,19,21). The van der Waals surface area contributed by atoms with Gasteiger partial charge < -0.3 is 5.32 Å². The Bertz CT molecular complexity index is 898. The van der Waals surface area contributed by atoms with E-state index in [1.165, 1.54) is 30.3 Å². The van der Waals surface area contributed by atoms with E-state index in [9.17, 15) is 17.6 Å². The molecule has 1 aliphatic carbocycles. The molecule has 1 amide bonds. The van der Waals surface area contributed by atoms with Gasteiger partial charge >= 0.3 is 0 Å². The van der Waals surface area contributed by atoms with Gasteiger partial charge in [-0.25, -0.2) is 12.8 Å². The monoisotopic (exact) mass is 368 g/mol. The summed E-state index contributed by atoms with van der Waals surface area (Å²) in [6, 6.07) is 9.41. The molecule has 0 aromatic heterocycles. The molecule has 126 valence electrons. The highest BCUT2D eigenvalue weighted by Crippen LogP contribution is 2.23. The van der Waals surface area contributed by atoms with Crippen molar-refractivity contribution in [2.75, 3.05) is 4.72 Å². The van der Waals surface area contributed by atoms with Crippen molar-refractivity contribution in [2.45, 2.75) is 23.8 Å². The van der Waals surface area contributed by atoms with Crippen molar-refractivity contribution in [1.29, 1.82) is 0 Å². The first kappa shape index (κ1) is 16.7. The number of hydrogen-bond donors (Lipinski definition) is 2. The Balaban J connectivity index is 1.83. The van der Waals surface area contributed by atoms with Crippen LogP contribution in [0.4, 0.5) is 10.1 Å². The lowest BCUT2D eigenvalue weighted by Gasteiger charge is -2.10. The molecule has 0 unspecified atom stereocenters. The molecule has 2 N–H and O–H groups in total. The lowest BCUT2D eigenvalue weighted by molar-refractivity contribution is 0.0951. The van der Waals surface area contributed by atoms with E-state index >= 15 is 0 Å². The molecule has 3 rings (SSSR count). The van der Waals surface area contributed by atoms with Gasteiger partial charge in [0.2, 0.25) is 0 Å². The minimum Gasteiger partial charge on any atom is -0.349 e. The molecule has 24 heavy (non-hydrogen) atoms. The summed E-state index contributed by atoms with van der Waals surface area (Å²) >= 11 is 5.65. The van der Waals surface area contributed by atoms with Crippen LogP contribution >= 0.6 is 11.6 Å². The normalized spacial score (nSPS) is 14.2. The number of amides is 1. The quantitative estimate of drug-likeness (QED) is 0.851. The van der Waals surface area contributed by atoms with Crippen molar-refractivity contribution in [3.8, 4) is 0 Å². The molecule has 0 aliphatic heterocycles. The van der Waals surface area contributed by atoms with E-state index in [0.717, 1.165) is 18.9 Å². The van der Waals surface area contributed by atoms with Crippen LogP contribution in [0.3, 0.4) is 0 Å². The fourth-order valence-electron chi connectivity index (χ4n) is 2.07. The fraction of sp³-hybridized carbons (Fsp3) is 0.188. The first-order chi connectivity index (χ1) is 11.3. The number of nitrogens with one attached hydrogen (secondary N) is 2. The van der Waals surface area contributed by atoms with Gasteiger partial charge in [0.15, 0.2) is 0 Å². The number of anilines is 1. The maximum Gasteiger partial charge on any atom is 0.261 e. The van der Waals surface area contributed by atoms with Gasteiger partial charge in [-0.05, 0) is 49.2 Å². The maximum atomic E-state index is 13.2. The molecule has 0 atom stereocenters. The minimum absolute atomic E-state index is 0.0635. The van der Waals surface area contributed by atoms with Gasteiger partial charge in [0.05, 0.1) is 15.6 Å². The third-order valence-corrected chi connectivity index (χ3v) is 5.16. The van der Waals surface area contributed by atoms with Gasteiger partial charge in [-0.1, -0.05) is 17.7 Å². The number of halogens is 2. The highest BCUT2D eigenvalue weighted by molar-refractivity contribution is 7.92. The van der Waals surface area contributed by atoms with E-state index in [4.69, 9.17) is 11.6 Å². The zero-order chi connectivity index (χ0) is 17.3. The average Bonchev–Trinajstić information content (AvgIpc) is 3.35. The van der Waals surface area contributed by atoms with Gasteiger partial charge in [0.1, 0.15) is 5.82 Å². The third kappa shape index (κ3) is 3.85. The van der Waals surface area contributed by atoms with Crippen LogP contribution in [0.25, 0.3) is 0 Å². The summed E-state index contributed by atoms with van der Waals surface area (Å²) < 4.78 is 40.3. The molecule has 1 aliphatic rings. The highest BCUT2D eigenvalue weighted by Gasteiger charge is 2.24. The van der Waals surface area contributed by atoms with Crippen LogP contribution in [0.5, 0.6) is 0 Å². The molecule has 5 nitrogen and oxygen atoms in total. The Morgan fingerprint density at radius 2 is 1.92 bits per heavy atom. The van der Waals surface area contributed by atoms with Crippen molar-refractivity contribution >= 4 is 33.2 Å². The first-order valence-corrected chi connectivity index (χ1v) is 9.10. The van der Waals surface area contributed by atoms with Gasteiger partial charge in [-0.2, -0.15) is 0 Å². The smallest absolute Gasteiger partial charge is 0.261 e. The highest BCUT2D eigenvalue weighted by atomic mass is 35.5. The molecule has 2 aromatic carbocycles. The molecule has 0 bridgehead atoms. The molecule has 8 heteroatoms. The van der Waals surface area contributed by atoms with Crippen molar-refractivity contribution in [1.82, 2.24) is 5.32 Å². The molecular weight excluding hydrogens is 355 g/mol. The SMILES string of the molecule is O=C(NC1CC1)c1cccc(S(=O)(=O)Nc2ccc(F)c(Cl)c2)c1. The molecule has 0 radical (unpaired) electrons. The van der Waals surface area contributed by atoms with Crippen molar-refractivity contribution in [2.24, 2.45) is 0 Å². The molecular formula is C16H14ClFN2O3S. The molecule has 1 saturated carbocycles. The zero-order valence-electron chi connectivity index (χ0n) is 12.4. The van der Waals surface area contributed by atoms with Crippen molar-refractivity contribution in [3.63, 3.8) is 0 Å². The van der Waals surface area contributed by atoms with E-state index < -0.39 is 15.8 Å². The third-order valence-electron chi connectivity index (χ3n) is 3.49. The van der Waals surface area contributed by atoms with Crippen LogP contribution in [0.1, 0.15) is 23.2 Å². The maximum absolute atomic E-state index is 13.2. The second-order valence-electron chi connectivity index (χ2n) is 5.51. The minimum atomic E-state index is -3.92. The van der Waals surface area contributed by atoms with Crippen molar-refractivity contribution < 1.29 is 17.6 Å². The molecule has 1 fully saturated rings. The molecule has 0 spiro atoms. The van der Waals surface area contributed by atoms with Gasteiger partial charge in [-0.15, -0.1) is 0 Å². The summed E-state index contributed by atoms with van der Waals surface area (Å²) in [6.45, 7) is 0. The predicted octanol–water partition coefficient (Wildman–Crippen LogP) is 3.17. The first-order valence-electron chi connectivity index (χ1n) is 7.24. The topological polar surface area (TPSA) is 75.3 Å². The molecule has 0 heterocycles. The summed E-state index contributed by atoms with van der Waals surface area (Å²) in [6.07, 6.45) is 1.88. The van der Waals surface area contributed by atoms with E-state index in [-0.39, 0.29) is 33.1 Å². The summed E-state index contributed by atoms with van der Waals surface area (Å²) in [7, 11) is -3.92. The Morgan fingerprint density at radius 1 is 1.17 bits per heavy atom. The lowest BCUT2D eigenvalue weighted by atomic mass is 10.2. The Kier molecular flexibility index (Phi) is 4.47. The van der Waals surface area contributed by atoms with Crippen LogP contribution in [0, 0.1) is 5.82 Å². The molecule has 0 saturated heterocycles. The second kappa shape index (κ2) is 6.41. The van der Waals surface area contributed by atoms with Crippen molar-refractivity contribution in [3.05, 3.63) is 58.9 Å². The van der Waals surface area contributed by atoms with Crippen LogP contribution in [-0.2, 0) is 10.0 Å².